The zero-order chi connectivity index (χ0) is 19.4. The number of carbonyl (C=O) groups is 4. The third-order valence-electron chi connectivity index (χ3n) is 3.25. The molecule has 1 aliphatic heterocycles. The van der Waals surface area contributed by atoms with Gasteiger partial charge in [0.15, 0.2) is 18.3 Å². The molecule has 0 radical (unpaired) electrons. The Morgan fingerprint density at radius 2 is 1.36 bits per heavy atom. The van der Waals surface area contributed by atoms with Gasteiger partial charge in [-0.3, -0.25) is 19.2 Å². The fourth-order valence-corrected chi connectivity index (χ4v) is 2.80. The van der Waals surface area contributed by atoms with E-state index in [9.17, 15) is 19.2 Å². The van der Waals surface area contributed by atoms with E-state index in [2.05, 4.69) is 12.6 Å². The van der Waals surface area contributed by atoms with Gasteiger partial charge in [-0.2, -0.15) is 0 Å². The molecule has 25 heavy (non-hydrogen) atoms. The van der Waals surface area contributed by atoms with Gasteiger partial charge in [0.1, 0.15) is 17.6 Å². The number of hydrogen-bond donors (Lipinski definition) is 1. The minimum atomic E-state index is -1.40. The Morgan fingerprint density at radius 3 is 1.80 bits per heavy atom. The topological polar surface area (TPSA) is 114 Å². The summed E-state index contributed by atoms with van der Waals surface area (Å²) in [7, 11) is 0. The van der Waals surface area contributed by atoms with E-state index in [1.807, 2.05) is 0 Å². The van der Waals surface area contributed by atoms with E-state index in [0.29, 0.717) is 0 Å². The molecular weight excluding hydrogens is 356 g/mol. The summed E-state index contributed by atoms with van der Waals surface area (Å²) >= 11 is 4.33. The molecule has 142 valence electrons. The Kier molecular flexibility index (Phi) is 7.24. The van der Waals surface area contributed by atoms with Crippen LogP contribution in [0.15, 0.2) is 0 Å². The number of hydrogen-bond acceptors (Lipinski definition) is 10. The normalized spacial score (nSPS) is 31.6. The third kappa shape index (κ3) is 6.20. The molecule has 0 aliphatic carbocycles. The molecule has 0 bridgehead atoms. The second kappa shape index (κ2) is 8.52. The van der Waals surface area contributed by atoms with Crippen LogP contribution in [0.25, 0.3) is 0 Å². The van der Waals surface area contributed by atoms with E-state index in [4.69, 9.17) is 23.7 Å². The van der Waals surface area contributed by atoms with Gasteiger partial charge in [0.05, 0.1) is 0 Å². The summed E-state index contributed by atoms with van der Waals surface area (Å²) in [5.74, 6) is -2.59. The molecule has 10 heteroatoms. The van der Waals surface area contributed by atoms with Crippen LogP contribution in [0.3, 0.4) is 0 Å². The molecular formula is C15H22O9S. The van der Waals surface area contributed by atoms with Crippen molar-refractivity contribution in [3.8, 4) is 0 Å². The zero-order valence-electron chi connectivity index (χ0n) is 14.6. The number of rotatable bonds is 5. The lowest BCUT2D eigenvalue weighted by Gasteiger charge is -2.47. The summed E-state index contributed by atoms with van der Waals surface area (Å²) in [5.41, 5.74) is 0. The molecule has 1 fully saturated rings. The fourth-order valence-electron chi connectivity index (χ4n) is 2.47. The maximum absolute atomic E-state index is 11.5. The van der Waals surface area contributed by atoms with E-state index < -0.39 is 53.2 Å². The molecule has 1 aliphatic rings. The molecule has 0 saturated carbocycles. The van der Waals surface area contributed by atoms with Gasteiger partial charge in [-0.05, 0) is 6.92 Å². The van der Waals surface area contributed by atoms with Gasteiger partial charge in [-0.1, -0.05) is 0 Å². The molecule has 1 saturated heterocycles. The molecule has 5 atom stereocenters. The summed E-state index contributed by atoms with van der Waals surface area (Å²) < 4.78 is 26.2. The average Bonchev–Trinajstić information content (AvgIpc) is 2.42. The molecule has 0 aromatic carbocycles. The average molecular weight is 378 g/mol. The first kappa shape index (κ1) is 21.2. The van der Waals surface area contributed by atoms with Crippen molar-refractivity contribution in [2.24, 2.45) is 0 Å². The van der Waals surface area contributed by atoms with Crippen LogP contribution in [0.5, 0.6) is 0 Å². The fraction of sp³-hybridized carbons (Fsp3) is 0.733. The number of thiol groups is 1. The Labute approximate surface area is 150 Å². The lowest BCUT2D eigenvalue weighted by atomic mass is 9.94. The van der Waals surface area contributed by atoms with E-state index in [0.717, 1.165) is 13.8 Å². The largest absolute Gasteiger partial charge is 0.463 e. The van der Waals surface area contributed by atoms with E-state index in [-0.39, 0.29) is 6.61 Å². The Bertz CT molecular complexity index is 545. The van der Waals surface area contributed by atoms with Crippen LogP contribution in [0.2, 0.25) is 0 Å². The number of esters is 4. The van der Waals surface area contributed by atoms with Crippen molar-refractivity contribution in [3.05, 3.63) is 0 Å². The van der Waals surface area contributed by atoms with Crippen molar-refractivity contribution < 1.29 is 42.9 Å². The monoisotopic (exact) mass is 378 g/mol. The summed E-state index contributed by atoms with van der Waals surface area (Å²) in [5, 5.41) is 0. The highest BCUT2D eigenvalue weighted by molar-refractivity contribution is 7.81. The molecule has 0 aromatic heterocycles. The molecule has 0 aromatic rings. The van der Waals surface area contributed by atoms with Crippen molar-refractivity contribution in [1.82, 2.24) is 0 Å². The van der Waals surface area contributed by atoms with Gasteiger partial charge in [0.2, 0.25) is 0 Å². The van der Waals surface area contributed by atoms with Crippen molar-refractivity contribution in [3.63, 3.8) is 0 Å². The highest BCUT2D eigenvalue weighted by Crippen LogP contribution is 2.38. The molecule has 0 spiro atoms. The molecule has 1 heterocycles. The molecule has 0 unspecified atom stereocenters. The standard InChI is InChI=1S/C15H22O9S/c1-7(16)20-6-11-12(21-8(2)17)13(22-9(3)18)14(23-10(4)19)15(5,25)24-11/h11-14,25H,6H2,1-5H3/t11-,12-,13+,14+,15-/m1/s1. The Balaban J connectivity index is 3.24. The summed E-state index contributed by atoms with van der Waals surface area (Å²) in [6.07, 6.45) is -4.49. The quantitative estimate of drug-likeness (QED) is 0.412. The first-order chi connectivity index (χ1) is 11.4. The Hall–Kier alpha value is -1.81. The van der Waals surface area contributed by atoms with Crippen molar-refractivity contribution in [2.75, 3.05) is 6.61 Å². The zero-order valence-corrected chi connectivity index (χ0v) is 15.5. The smallest absolute Gasteiger partial charge is 0.303 e. The maximum atomic E-state index is 11.5. The van der Waals surface area contributed by atoms with Crippen LogP contribution in [-0.2, 0) is 42.9 Å². The van der Waals surface area contributed by atoms with Crippen LogP contribution < -0.4 is 0 Å². The summed E-state index contributed by atoms with van der Waals surface area (Å²) in [4.78, 5) is 44.1. The highest BCUT2D eigenvalue weighted by Gasteiger charge is 2.56. The molecule has 0 amide bonds. The Morgan fingerprint density at radius 1 is 0.880 bits per heavy atom. The van der Waals surface area contributed by atoms with Gasteiger partial charge in [-0.15, -0.1) is 12.6 Å². The highest BCUT2D eigenvalue weighted by atomic mass is 32.1. The lowest BCUT2D eigenvalue weighted by Crippen LogP contribution is -2.65. The van der Waals surface area contributed by atoms with Gasteiger partial charge < -0.3 is 23.7 Å². The van der Waals surface area contributed by atoms with Crippen LogP contribution in [0.1, 0.15) is 34.6 Å². The second-order valence-corrected chi connectivity index (χ2v) is 6.58. The second-order valence-electron chi connectivity index (χ2n) is 5.69. The number of ether oxygens (including phenoxy) is 5. The van der Waals surface area contributed by atoms with Gasteiger partial charge in [-0.25, -0.2) is 0 Å². The first-order valence-electron chi connectivity index (χ1n) is 7.49. The van der Waals surface area contributed by atoms with Gasteiger partial charge >= 0.3 is 23.9 Å². The molecule has 1 rings (SSSR count). The molecule has 9 nitrogen and oxygen atoms in total. The van der Waals surface area contributed by atoms with Crippen molar-refractivity contribution in [1.29, 1.82) is 0 Å². The summed E-state index contributed by atoms with van der Waals surface area (Å²) in [6.45, 7) is 5.90. The van der Waals surface area contributed by atoms with Crippen LogP contribution in [0.4, 0.5) is 0 Å². The van der Waals surface area contributed by atoms with E-state index in [1.54, 1.807) is 0 Å². The first-order valence-corrected chi connectivity index (χ1v) is 7.94. The van der Waals surface area contributed by atoms with Crippen LogP contribution in [-0.4, -0.2) is 59.8 Å². The minimum absolute atomic E-state index is 0.270. The summed E-state index contributed by atoms with van der Waals surface area (Å²) in [6, 6.07) is 0. The van der Waals surface area contributed by atoms with Crippen LogP contribution >= 0.6 is 12.6 Å². The number of carbonyl (C=O) groups excluding carboxylic acids is 4. The van der Waals surface area contributed by atoms with Gasteiger partial charge in [0.25, 0.3) is 0 Å². The van der Waals surface area contributed by atoms with E-state index >= 15 is 0 Å². The van der Waals surface area contributed by atoms with Gasteiger partial charge in [0, 0.05) is 27.7 Å². The maximum Gasteiger partial charge on any atom is 0.303 e. The van der Waals surface area contributed by atoms with Crippen molar-refractivity contribution in [2.45, 2.75) is 64.0 Å². The minimum Gasteiger partial charge on any atom is -0.463 e. The third-order valence-corrected chi connectivity index (χ3v) is 3.61. The van der Waals surface area contributed by atoms with Crippen LogP contribution in [0, 0.1) is 0 Å². The van der Waals surface area contributed by atoms with Crippen molar-refractivity contribution >= 4 is 36.5 Å². The predicted octanol–water partition coefficient (Wildman–Crippen LogP) is 0.389. The predicted molar refractivity (Wildman–Crippen MR) is 85.6 cm³/mol. The SMILES string of the molecule is CC(=O)OC[C@H]1O[C@](C)(S)[C@@H](OC(C)=O)[C@@H](OC(C)=O)[C@@H]1OC(C)=O. The van der Waals surface area contributed by atoms with E-state index in [1.165, 1.54) is 20.8 Å². The lowest BCUT2D eigenvalue weighted by molar-refractivity contribution is -0.257. The molecule has 0 N–H and O–H groups in total.